The Kier molecular flexibility index (Phi) is 4.37. The summed E-state index contributed by atoms with van der Waals surface area (Å²) in [5.41, 5.74) is 0.672. The quantitative estimate of drug-likeness (QED) is 0.889. The molecular weight excluding hydrogens is 270 g/mol. The van der Waals surface area contributed by atoms with E-state index in [1.165, 1.54) is 12.3 Å². The molecule has 0 saturated heterocycles. The second kappa shape index (κ2) is 6.21. The van der Waals surface area contributed by atoms with Gasteiger partial charge in [-0.1, -0.05) is 32.0 Å². The van der Waals surface area contributed by atoms with Crippen molar-refractivity contribution >= 4 is 11.6 Å². The normalized spacial score (nSPS) is 10.6. The Hall–Kier alpha value is -2.63. The van der Waals surface area contributed by atoms with Crippen LogP contribution in [0, 0.1) is 0 Å². The highest BCUT2D eigenvalue weighted by Crippen LogP contribution is 2.23. The number of rotatable bonds is 4. The molecule has 0 aliphatic carbocycles. The van der Waals surface area contributed by atoms with Crippen LogP contribution < -0.4 is 16.6 Å². The first-order valence-electron chi connectivity index (χ1n) is 6.66. The van der Waals surface area contributed by atoms with Gasteiger partial charge in [-0.25, -0.2) is 4.79 Å². The van der Waals surface area contributed by atoms with Crippen LogP contribution in [0.25, 0.3) is 0 Å². The van der Waals surface area contributed by atoms with Crippen molar-refractivity contribution in [3.63, 3.8) is 0 Å². The molecule has 0 unspecified atom stereocenters. The number of amides is 1. The first-order chi connectivity index (χ1) is 9.97. The molecule has 2 rings (SSSR count). The summed E-state index contributed by atoms with van der Waals surface area (Å²) in [7, 11) is 0. The largest absolute Gasteiger partial charge is 0.328 e. The Morgan fingerprint density at radius 2 is 1.95 bits per heavy atom. The van der Waals surface area contributed by atoms with Gasteiger partial charge in [0.1, 0.15) is 6.54 Å². The fourth-order valence-corrected chi connectivity index (χ4v) is 2.03. The molecule has 0 bridgehead atoms. The van der Waals surface area contributed by atoms with Crippen molar-refractivity contribution in [2.75, 3.05) is 5.32 Å². The zero-order chi connectivity index (χ0) is 15.4. The van der Waals surface area contributed by atoms with Gasteiger partial charge in [0.25, 0.3) is 5.56 Å². The fraction of sp³-hybridized carbons (Fsp3) is 0.267. The van der Waals surface area contributed by atoms with Crippen LogP contribution in [0.1, 0.15) is 25.3 Å². The maximum Gasteiger partial charge on any atom is 0.328 e. The predicted molar refractivity (Wildman–Crippen MR) is 80.5 cm³/mol. The molecule has 0 aliphatic rings. The molecule has 2 N–H and O–H groups in total. The number of hydrogen-bond donors (Lipinski definition) is 2. The first-order valence-corrected chi connectivity index (χ1v) is 6.66. The van der Waals surface area contributed by atoms with E-state index >= 15 is 0 Å². The van der Waals surface area contributed by atoms with Gasteiger partial charge >= 0.3 is 5.69 Å². The number of para-hydroxylation sites is 1. The molecule has 1 aromatic heterocycles. The van der Waals surface area contributed by atoms with E-state index in [1.807, 2.05) is 38.1 Å². The maximum absolute atomic E-state index is 12.0. The van der Waals surface area contributed by atoms with Gasteiger partial charge in [0, 0.05) is 18.0 Å². The minimum atomic E-state index is -0.602. The molecule has 0 radical (unpaired) electrons. The van der Waals surface area contributed by atoms with Gasteiger partial charge < -0.3 is 5.32 Å². The van der Waals surface area contributed by atoms with Crippen LogP contribution >= 0.6 is 0 Å². The van der Waals surface area contributed by atoms with Crippen LogP contribution in [-0.4, -0.2) is 15.5 Å². The highest BCUT2D eigenvalue weighted by molar-refractivity contribution is 5.91. The molecule has 0 atom stereocenters. The van der Waals surface area contributed by atoms with Crippen LogP contribution in [0.3, 0.4) is 0 Å². The van der Waals surface area contributed by atoms with E-state index in [9.17, 15) is 14.4 Å². The third-order valence-electron chi connectivity index (χ3n) is 3.07. The lowest BCUT2D eigenvalue weighted by molar-refractivity contribution is -0.116. The van der Waals surface area contributed by atoms with Crippen molar-refractivity contribution in [3.05, 3.63) is 62.9 Å². The van der Waals surface area contributed by atoms with Gasteiger partial charge in [-0.05, 0) is 17.5 Å². The van der Waals surface area contributed by atoms with Gasteiger partial charge in [-0.3, -0.25) is 19.1 Å². The Labute approximate surface area is 121 Å². The Balaban J connectivity index is 2.16. The first kappa shape index (κ1) is 14.8. The molecule has 0 spiro atoms. The van der Waals surface area contributed by atoms with Gasteiger partial charge in [0.05, 0.1) is 0 Å². The number of nitrogens with zero attached hydrogens (tertiary/aromatic N) is 1. The number of hydrogen-bond acceptors (Lipinski definition) is 3. The third-order valence-corrected chi connectivity index (χ3v) is 3.07. The summed E-state index contributed by atoms with van der Waals surface area (Å²) in [6, 6.07) is 8.73. The summed E-state index contributed by atoms with van der Waals surface area (Å²) in [4.78, 5) is 36.6. The van der Waals surface area contributed by atoms with E-state index in [2.05, 4.69) is 10.3 Å². The summed E-state index contributed by atoms with van der Waals surface area (Å²) in [5.74, 6) is -0.0467. The van der Waals surface area contributed by atoms with E-state index in [1.54, 1.807) is 0 Å². The minimum Gasteiger partial charge on any atom is -0.324 e. The Morgan fingerprint density at radius 1 is 1.24 bits per heavy atom. The molecule has 2 aromatic rings. The predicted octanol–water partition coefficient (Wildman–Crippen LogP) is 1.30. The lowest BCUT2D eigenvalue weighted by Crippen LogP contribution is -2.32. The average molecular weight is 287 g/mol. The van der Waals surface area contributed by atoms with Crippen molar-refractivity contribution in [1.29, 1.82) is 0 Å². The molecule has 1 aromatic carbocycles. The van der Waals surface area contributed by atoms with E-state index in [0.717, 1.165) is 15.8 Å². The topological polar surface area (TPSA) is 84.0 Å². The standard InChI is InChI=1S/C15H17N3O3/c1-10(2)11-5-3-4-6-12(11)16-14(20)9-18-8-7-13(19)17-15(18)21/h3-8,10H,9H2,1-2H3,(H,16,20)(H,17,19,21). The number of aromatic nitrogens is 2. The van der Waals surface area contributed by atoms with Crippen LogP contribution in [0.4, 0.5) is 5.69 Å². The van der Waals surface area contributed by atoms with Crippen molar-refractivity contribution in [3.8, 4) is 0 Å². The van der Waals surface area contributed by atoms with E-state index in [4.69, 9.17) is 0 Å². The molecular formula is C15H17N3O3. The molecule has 0 aliphatic heterocycles. The second-order valence-corrected chi connectivity index (χ2v) is 5.03. The molecule has 21 heavy (non-hydrogen) atoms. The molecule has 1 amide bonds. The molecule has 110 valence electrons. The lowest BCUT2D eigenvalue weighted by Gasteiger charge is -2.13. The number of carbonyl (C=O) groups excluding carboxylic acids is 1. The zero-order valence-electron chi connectivity index (χ0n) is 11.9. The van der Waals surface area contributed by atoms with Crippen LogP contribution in [0.2, 0.25) is 0 Å². The molecule has 0 saturated carbocycles. The summed E-state index contributed by atoms with van der Waals surface area (Å²) >= 11 is 0. The third kappa shape index (κ3) is 3.68. The number of H-pyrrole nitrogens is 1. The lowest BCUT2D eigenvalue weighted by atomic mass is 10.0. The van der Waals surface area contributed by atoms with E-state index < -0.39 is 11.2 Å². The monoisotopic (exact) mass is 287 g/mol. The fourth-order valence-electron chi connectivity index (χ4n) is 2.03. The smallest absolute Gasteiger partial charge is 0.324 e. The van der Waals surface area contributed by atoms with Crippen molar-refractivity contribution in [1.82, 2.24) is 9.55 Å². The second-order valence-electron chi connectivity index (χ2n) is 5.03. The van der Waals surface area contributed by atoms with Gasteiger partial charge in [0.2, 0.25) is 5.91 Å². The highest BCUT2D eigenvalue weighted by Gasteiger charge is 2.10. The summed E-state index contributed by atoms with van der Waals surface area (Å²) in [5, 5.41) is 2.79. The summed E-state index contributed by atoms with van der Waals surface area (Å²) < 4.78 is 1.15. The zero-order valence-corrected chi connectivity index (χ0v) is 11.9. The molecule has 1 heterocycles. The molecule has 6 nitrogen and oxygen atoms in total. The van der Waals surface area contributed by atoms with Crippen molar-refractivity contribution in [2.24, 2.45) is 0 Å². The summed E-state index contributed by atoms with van der Waals surface area (Å²) in [6.45, 7) is 3.93. The number of carbonyl (C=O) groups is 1. The summed E-state index contributed by atoms with van der Waals surface area (Å²) in [6.07, 6.45) is 1.30. The number of anilines is 1. The Morgan fingerprint density at radius 3 is 2.62 bits per heavy atom. The highest BCUT2D eigenvalue weighted by atomic mass is 16.2. The number of benzene rings is 1. The van der Waals surface area contributed by atoms with Gasteiger partial charge in [-0.2, -0.15) is 0 Å². The molecule has 6 heteroatoms. The van der Waals surface area contributed by atoms with Crippen molar-refractivity contribution in [2.45, 2.75) is 26.3 Å². The van der Waals surface area contributed by atoms with Crippen LogP contribution in [-0.2, 0) is 11.3 Å². The Bertz CT molecular complexity index is 759. The number of nitrogens with one attached hydrogen (secondary N) is 2. The average Bonchev–Trinajstić information content (AvgIpc) is 2.42. The van der Waals surface area contributed by atoms with E-state index in [-0.39, 0.29) is 18.4 Å². The van der Waals surface area contributed by atoms with Gasteiger partial charge in [0.15, 0.2) is 0 Å². The van der Waals surface area contributed by atoms with Crippen molar-refractivity contribution < 1.29 is 4.79 Å². The van der Waals surface area contributed by atoms with E-state index in [0.29, 0.717) is 0 Å². The van der Waals surface area contributed by atoms with Crippen LogP contribution in [0.15, 0.2) is 46.1 Å². The minimum absolute atomic E-state index is 0.151. The SMILES string of the molecule is CC(C)c1ccccc1NC(=O)Cn1ccc(=O)[nH]c1=O. The van der Waals surface area contributed by atoms with Gasteiger partial charge in [-0.15, -0.1) is 0 Å². The number of aromatic amines is 1. The maximum atomic E-state index is 12.0. The molecule has 0 fully saturated rings. The van der Waals surface area contributed by atoms with Crippen LogP contribution in [0.5, 0.6) is 0 Å².